The van der Waals surface area contributed by atoms with Crippen molar-refractivity contribution in [3.8, 4) is 23.0 Å². The van der Waals surface area contributed by atoms with Crippen LogP contribution in [0.15, 0.2) is 48.7 Å². The predicted octanol–water partition coefficient (Wildman–Crippen LogP) is 3.87. The van der Waals surface area contributed by atoms with Gasteiger partial charge in [0.15, 0.2) is 5.82 Å². The molecule has 1 aliphatic heterocycles. The Kier molecular flexibility index (Phi) is 4.51. The molecule has 0 radical (unpaired) electrons. The third-order valence-corrected chi connectivity index (χ3v) is 6.13. The van der Waals surface area contributed by atoms with E-state index in [9.17, 15) is 5.26 Å². The van der Waals surface area contributed by atoms with Gasteiger partial charge in [0.05, 0.1) is 33.1 Å². The van der Waals surface area contributed by atoms with Crippen LogP contribution in [-0.4, -0.2) is 36.3 Å². The molecule has 0 bridgehead atoms. The van der Waals surface area contributed by atoms with Crippen LogP contribution in [0.1, 0.15) is 21.1 Å². The number of hydrogen-bond donors (Lipinski definition) is 0. The zero-order valence-electron chi connectivity index (χ0n) is 16.4. The zero-order chi connectivity index (χ0) is 20.8. The van der Waals surface area contributed by atoms with E-state index in [1.54, 1.807) is 11.0 Å². The second-order valence-electron chi connectivity index (χ2n) is 7.10. The molecule has 0 N–H and O–H groups in total. The standard InChI is InChI=1S/C21H17IN8/c1-13-25-26-21-17(22)12-29(16-6-3-14(10-23)4-7-16)20-9-15(5-8-19(20)30(13)21)18-11-24-28(2)27-18/h3-9,11,17H,12H2,1-2H3/t17-/m1/s1. The van der Waals surface area contributed by atoms with Crippen LogP contribution in [0.25, 0.3) is 16.9 Å². The van der Waals surface area contributed by atoms with E-state index in [0.29, 0.717) is 5.56 Å². The molecule has 0 saturated heterocycles. The van der Waals surface area contributed by atoms with Crippen molar-refractivity contribution in [1.82, 2.24) is 29.8 Å². The first-order chi connectivity index (χ1) is 14.5. The average Bonchev–Trinajstić information content (AvgIpc) is 3.34. The second-order valence-corrected chi connectivity index (χ2v) is 8.60. The Labute approximate surface area is 186 Å². The lowest BCUT2D eigenvalue weighted by Gasteiger charge is -2.26. The van der Waals surface area contributed by atoms with Crippen LogP contribution in [0, 0.1) is 18.3 Å². The molecular formula is C21H17IN8. The Balaban J connectivity index is 1.73. The summed E-state index contributed by atoms with van der Waals surface area (Å²) < 4.78 is 2.25. The van der Waals surface area contributed by atoms with Crippen molar-refractivity contribution in [2.24, 2.45) is 7.05 Å². The molecule has 8 nitrogen and oxygen atoms in total. The summed E-state index contributed by atoms with van der Waals surface area (Å²) in [5.74, 6) is 1.78. The lowest BCUT2D eigenvalue weighted by atomic mass is 10.1. The SMILES string of the molecule is Cc1nnc2n1-c1ccc(-c3cnn(C)n3)cc1N(c1ccc(C#N)cc1)C[C@H]2I. The first kappa shape index (κ1) is 18.7. The molecule has 2 aromatic heterocycles. The van der Waals surface area contributed by atoms with E-state index < -0.39 is 0 Å². The monoisotopic (exact) mass is 508 g/mol. The highest BCUT2D eigenvalue weighted by Crippen LogP contribution is 2.41. The van der Waals surface area contributed by atoms with E-state index in [-0.39, 0.29) is 3.92 Å². The molecule has 0 saturated carbocycles. The van der Waals surface area contributed by atoms with Gasteiger partial charge in [-0.3, -0.25) is 4.57 Å². The van der Waals surface area contributed by atoms with E-state index in [4.69, 9.17) is 0 Å². The number of alkyl halides is 1. The minimum Gasteiger partial charge on any atom is -0.338 e. The highest BCUT2D eigenvalue weighted by Gasteiger charge is 2.29. The maximum atomic E-state index is 9.17. The second kappa shape index (κ2) is 7.21. The molecule has 1 aliphatic rings. The summed E-state index contributed by atoms with van der Waals surface area (Å²) >= 11 is 2.42. The van der Waals surface area contributed by atoms with Gasteiger partial charge >= 0.3 is 0 Å². The largest absolute Gasteiger partial charge is 0.338 e. The first-order valence-corrected chi connectivity index (χ1v) is 10.6. The number of nitrogens with zero attached hydrogens (tertiary/aromatic N) is 8. The lowest BCUT2D eigenvalue weighted by molar-refractivity contribution is 0.655. The van der Waals surface area contributed by atoms with Crippen molar-refractivity contribution in [2.75, 3.05) is 11.4 Å². The summed E-state index contributed by atoms with van der Waals surface area (Å²) in [4.78, 5) is 3.82. The number of halogens is 1. The highest BCUT2D eigenvalue weighted by molar-refractivity contribution is 14.1. The topological polar surface area (TPSA) is 88.4 Å². The fourth-order valence-corrected chi connectivity index (χ4v) is 4.54. The third-order valence-electron chi connectivity index (χ3n) is 5.18. The Morgan fingerprint density at radius 2 is 1.90 bits per heavy atom. The Morgan fingerprint density at radius 1 is 1.10 bits per heavy atom. The van der Waals surface area contributed by atoms with Crippen molar-refractivity contribution in [3.63, 3.8) is 0 Å². The fourth-order valence-electron chi connectivity index (χ4n) is 3.75. The van der Waals surface area contributed by atoms with Crippen molar-refractivity contribution in [1.29, 1.82) is 5.26 Å². The maximum Gasteiger partial charge on any atom is 0.152 e. The Hall–Kier alpha value is -3.26. The zero-order valence-corrected chi connectivity index (χ0v) is 18.5. The van der Waals surface area contributed by atoms with Crippen LogP contribution in [0.4, 0.5) is 11.4 Å². The summed E-state index contributed by atoms with van der Waals surface area (Å²) in [6.45, 7) is 2.69. The first-order valence-electron chi connectivity index (χ1n) is 9.40. The summed E-state index contributed by atoms with van der Waals surface area (Å²) in [5.41, 5.74) is 5.51. The maximum absolute atomic E-state index is 9.17. The summed E-state index contributed by atoms with van der Waals surface area (Å²) in [6, 6.07) is 16.1. The molecule has 2 aromatic carbocycles. The van der Waals surface area contributed by atoms with Crippen molar-refractivity contribution >= 4 is 34.0 Å². The van der Waals surface area contributed by atoms with Gasteiger partial charge in [0.2, 0.25) is 0 Å². The van der Waals surface area contributed by atoms with Crippen LogP contribution in [0.3, 0.4) is 0 Å². The number of rotatable bonds is 2. The number of benzene rings is 2. The van der Waals surface area contributed by atoms with Gasteiger partial charge in [0, 0.05) is 24.8 Å². The molecule has 0 amide bonds. The molecule has 148 valence electrons. The van der Waals surface area contributed by atoms with Gasteiger partial charge in [-0.2, -0.15) is 20.3 Å². The highest BCUT2D eigenvalue weighted by atomic mass is 127. The van der Waals surface area contributed by atoms with E-state index in [0.717, 1.165) is 46.5 Å². The van der Waals surface area contributed by atoms with Crippen LogP contribution >= 0.6 is 22.6 Å². The molecular weight excluding hydrogens is 491 g/mol. The van der Waals surface area contributed by atoms with Gasteiger partial charge in [-0.1, -0.05) is 28.7 Å². The van der Waals surface area contributed by atoms with Crippen molar-refractivity contribution in [3.05, 3.63) is 65.9 Å². The minimum absolute atomic E-state index is 0.131. The van der Waals surface area contributed by atoms with Crippen LogP contribution in [0.5, 0.6) is 0 Å². The van der Waals surface area contributed by atoms with Crippen molar-refractivity contribution < 1.29 is 0 Å². The number of aryl methyl sites for hydroxylation is 2. The molecule has 1 atom stereocenters. The number of hydrogen-bond acceptors (Lipinski definition) is 6. The molecule has 3 heterocycles. The molecule has 0 fully saturated rings. The van der Waals surface area contributed by atoms with E-state index in [2.05, 4.69) is 76.7 Å². The van der Waals surface area contributed by atoms with Gasteiger partial charge in [-0.15, -0.1) is 10.2 Å². The smallest absolute Gasteiger partial charge is 0.152 e. The summed E-state index contributed by atoms with van der Waals surface area (Å²) in [7, 11) is 1.81. The number of nitriles is 1. The van der Waals surface area contributed by atoms with Gasteiger partial charge in [-0.05, 0) is 43.3 Å². The van der Waals surface area contributed by atoms with E-state index in [1.807, 2.05) is 38.2 Å². The average molecular weight is 508 g/mol. The van der Waals surface area contributed by atoms with E-state index >= 15 is 0 Å². The van der Waals surface area contributed by atoms with E-state index in [1.165, 1.54) is 0 Å². The molecule has 30 heavy (non-hydrogen) atoms. The van der Waals surface area contributed by atoms with Gasteiger partial charge < -0.3 is 4.90 Å². The molecule has 0 unspecified atom stereocenters. The minimum atomic E-state index is 0.131. The van der Waals surface area contributed by atoms with Crippen LogP contribution < -0.4 is 4.90 Å². The van der Waals surface area contributed by atoms with Gasteiger partial charge in [-0.25, -0.2) is 0 Å². The molecule has 0 spiro atoms. The number of fused-ring (bicyclic) bond motifs is 3. The molecule has 5 rings (SSSR count). The summed E-state index contributed by atoms with van der Waals surface area (Å²) in [5, 5.41) is 26.6. The normalized spacial score (nSPS) is 15.3. The quantitative estimate of drug-likeness (QED) is 0.302. The molecule has 0 aliphatic carbocycles. The predicted molar refractivity (Wildman–Crippen MR) is 121 cm³/mol. The Bertz CT molecular complexity index is 1280. The molecule has 4 aromatic rings. The Morgan fingerprint density at radius 3 is 2.60 bits per heavy atom. The number of aromatic nitrogens is 6. The molecule has 9 heteroatoms. The number of anilines is 2. The van der Waals surface area contributed by atoms with Crippen LogP contribution in [0.2, 0.25) is 0 Å². The van der Waals surface area contributed by atoms with Crippen molar-refractivity contribution in [2.45, 2.75) is 10.8 Å². The van der Waals surface area contributed by atoms with Gasteiger partial charge in [0.1, 0.15) is 11.5 Å². The van der Waals surface area contributed by atoms with Crippen LogP contribution in [-0.2, 0) is 7.05 Å². The third kappa shape index (κ3) is 3.04. The summed E-state index contributed by atoms with van der Waals surface area (Å²) in [6.07, 6.45) is 1.76. The lowest BCUT2D eigenvalue weighted by Crippen LogP contribution is -2.20. The van der Waals surface area contributed by atoms with Gasteiger partial charge in [0.25, 0.3) is 0 Å². The fraction of sp³-hybridized carbons (Fsp3) is 0.190.